The monoisotopic (exact) mass is 307 g/mol. The van der Waals surface area contributed by atoms with Gasteiger partial charge < -0.3 is 10.6 Å². The van der Waals surface area contributed by atoms with E-state index in [9.17, 15) is 13.2 Å². The lowest BCUT2D eigenvalue weighted by molar-refractivity contribution is 0.0957. The molecule has 0 fully saturated rings. The normalized spacial score (nSPS) is 11.3. The van der Waals surface area contributed by atoms with Crippen molar-refractivity contribution in [1.82, 2.24) is 10.3 Å². The van der Waals surface area contributed by atoms with Crippen LogP contribution in [0.4, 0.5) is 5.82 Å². The Morgan fingerprint density at radius 1 is 1.24 bits per heavy atom. The maximum absolute atomic E-state index is 12.2. The van der Waals surface area contributed by atoms with Crippen molar-refractivity contribution in [2.24, 2.45) is 0 Å². The number of hydrogen-bond donors (Lipinski definition) is 2. The summed E-state index contributed by atoms with van der Waals surface area (Å²) in [6.07, 6.45) is 2.63. The minimum absolute atomic E-state index is 0.0831. The molecule has 1 aromatic carbocycles. The number of hydrogen-bond acceptors (Lipinski definition) is 5. The summed E-state index contributed by atoms with van der Waals surface area (Å²) in [4.78, 5) is 16.4. The Hall–Kier alpha value is -2.15. The van der Waals surface area contributed by atoms with Gasteiger partial charge in [0.25, 0.3) is 5.91 Å². The van der Waals surface area contributed by atoms with Gasteiger partial charge in [-0.25, -0.2) is 13.4 Å². The summed E-state index contributed by atoms with van der Waals surface area (Å²) in [7, 11) is -1.33. The second kappa shape index (κ2) is 6.09. The standard InChI is InChI=1S/C14H17N3O3S/c1-15-13-11-6-4-3-5-10(11)12(9-17-13)14(18)16-7-8-21(2,19)20/h3-6,9H,7-8H2,1-2H3,(H,15,17)(H,16,18). The molecule has 0 aliphatic heterocycles. The molecule has 0 unspecified atom stereocenters. The molecule has 0 atom stereocenters. The number of nitrogens with zero attached hydrogens (tertiary/aromatic N) is 1. The summed E-state index contributed by atoms with van der Waals surface area (Å²) in [6, 6.07) is 7.43. The molecule has 7 heteroatoms. The second-order valence-electron chi connectivity index (χ2n) is 4.70. The number of amides is 1. The van der Waals surface area contributed by atoms with Gasteiger partial charge in [-0.3, -0.25) is 4.79 Å². The molecule has 0 radical (unpaired) electrons. The zero-order valence-corrected chi connectivity index (χ0v) is 12.7. The molecule has 0 aliphatic carbocycles. The van der Waals surface area contributed by atoms with Crippen LogP contribution in [0.25, 0.3) is 10.8 Å². The van der Waals surface area contributed by atoms with Crippen LogP contribution in [0, 0.1) is 0 Å². The fraction of sp³-hybridized carbons (Fsp3) is 0.286. The third-order valence-electron chi connectivity index (χ3n) is 3.03. The van der Waals surface area contributed by atoms with E-state index in [0.29, 0.717) is 11.4 Å². The first-order chi connectivity index (χ1) is 9.92. The zero-order valence-electron chi connectivity index (χ0n) is 11.9. The second-order valence-corrected chi connectivity index (χ2v) is 6.96. The highest BCUT2D eigenvalue weighted by molar-refractivity contribution is 7.90. The number of benzene rings is 1. The molecule has 1 heterocycles. The summed E-state index contributed by atoms with van der Waals surface area (Å²) < 4.78 is 22.1. The molecule has 0 spiro atoms. The molecule has 2 N–H and O–H groups in total. The first kappa shape index (κ1) is 15.2. The SMILES string of the molecule is CNc1ncc(C(=O)NCCS(C)(=O)=O)c2ccccc12. The van der Waals surface area contributed by atoms with Gasteiger partial charge >= 0.3 is 0 Å². The average Bonchev–Trinajstić information content (AvgIpc) is 2.44. The van der Waals surface area contributed by atoms with Gasteiger partial charge in [0.1, 0.15) is 15.7 Å². The molecule has 1 aromatic heterocycles. The van der Waals surface area contributed by atoms with E-state index in [2.05, 4.69) is 15.6 Å². The van der Waals surface area contributed by atoms with Crippen LogP contribution in [-0.4, -0.2) is 44.9 Å². The molecule has 21 heavy (non-hydrogen) atoms. The average molecular weight is 307 g/mol. The van der Waals surface area contributed by atoms with Crippen molar-refractivity contribution in [2.45, 2.75) is 0 Å². The first-order valence-corrected chi connectivity index (χ1v) is 8.50. The lowest BCUT2D eigenvalue weighted by atomic mass is 10.1. The van der Waals surface area contributed by atoms with E-state index >= 15 is 0 Å². The van der Waals surface area contributed by atoms with Crippen molar-refractivity contribution in [2.75, 3.05) is 30.9 Å². The number of nitrogens with one attached hydrogen (secondary N) is 2. The molecule has 2 aromatic rings. The van der Waals surface area contributed by atoms with Crippen LogP contribution in [0.1, 0.15) is 10.4 Å². The lowest BCUT2D eigenvalue weighted by Crippen LogP contribution is -2.29. The van der Waals surface area contributed by atoms with Gasteiger partial charge in [-0.1, -0.05) is 24.3 Å². The Morgan fingerprint density at radius 3 is 2.52 bits per heavy atom. The highest BCUT2D eigenvalue weighted by Crippen LogP contribution is 2.23. The zero-order chi connectivity index (χ0) is 15.5. The molecular formula is C14H17N3O3S. The minimum Gasteiger partial charge on any atom is -0.373 e. The molecule has 2 rings (SSSR count). The number of rotatable bonds is 5. The fourth-order valence-corrected chi connectivity index (χ4v) is 2.49. The van der Waals surface area contributed by atoms with Gasteiger partial charge in [0.15, 0.2) is 0 Å². The molecule has 6 nitrogen and oxygen atoms in total. The van der Waals surface area contributed by atoms with Gasteiger partial charge in [0, 0.05) is 31.4 Å². The number of sulfone groups is 1. The highest BCUT2D eigenvalue weighted by atomic mass is 32.2. The van der Waals surface area contributed by atoms with Crippen molar-refractivity contribution in [1.29, 1.82) is 0 Å². The van der Waals surface area contributed by atoms with Crippen molar-refractivity contribution in [3.63, 3.8) is 0 Å². The summed E-state index contributed by atoms with van der Waals surface area (Å²) in [5, 5.41) is 7.20. The Kier molecular flexibility index (Phi) is 4.42. The maximum Gasteiger partial charge on any atom is 0.253 e. The Bertz CT molecular complexity index is 772. The highest BCUT2D eigenvalue weighted by Gasteiger charge is 2.13. The van der Waals surface area contributed by atoms with Crippen molar-refractivity contribution in [3.05, 3.63) is 36.0 Å². The van der Waals surface area contributed by atoms with Gasteiger partial charge in [-0.2, -0.15) is 0 Å². The smallest absolute Gasteiger partial charge is 0.253 e. The quantitative estimate of drug-likeness (QED) is 0.862. The van der Waals surface area contributed by atoms with E-state index in [1.807, 2.05) is 24.3 Å². The van der Waals surface area contributed by atoms with E-state index < -0.39 is 9.84 Å². The van der Waals surface area contributed by atoms with Crippen LogP contribution in [-0.2, 0) is 9.84 Å². The summed E-state index contributed by atoms with van der Waals surface area (Å²) in [5.41, 5.74) is 0.429. The van der Waals surface area contributed by atoms with Gasteiger partial charge in [0.2, 0.25) is 0 Å². The fourth-order valence-electron chi connectivity index (χ4n) is 2.02. The minimum atomic E-state index is -3.10. The number of carbonyl (C=O) groups excluding carboxylic acids is 1. The van der Waals surface area contributed by atoms with Crippen molar-refractivity contribution < 1.29 is 13.2 Å². The third kappa shape index (κ3) is 3.69. The molecular weight excluding hydrogens is 290 g/mol. The van der Waals surface area contributed by atoms with Gasteiger partial charge in [-0.05, 0) is 5.39 Å². The molecule has 0 saturated heterocycles. The number of aromatic nitrogens is 1. The predicted molar refractivity (Wildman–Crippen MR) is 83.3 cm³/mol. The van der Waals surface area contributed by atoms with Gasteiger partial charge in [0.05, 0.1) is 11.3 Å². The van der Waals surface area contributed by atoms with Crippen LogP contribution in [0.15, 0.2) is 30.5 Å². The Balaban J connectivity index is 2.28. The topological polar surface area (TPSA) is 88.2 Å². The van der Waals surface area contributed by atoms with E-state index in [1.165, 1.54) is 6.20 Å². The van der Waals surface area contributed by atoms with Crippen LogP contribution in [0.3, 0.4) is 0 Å². The molecule has 0 bridgehead atoms. The van der Waals surface area contributed by atoms with E-state index in [1.54, 1.807) is 7.05 Å². The Labute approximate surface area is 123 Å². The number of carbonyl (C=O) groups is 1. The van der Waals surface area contributed by atoms with Crippen LogP contribution < -0.4 is 10.6 Å². The third-order valence-corrected chi connectivity index (χ3v) is 3.98. The number of pyridine rings is 1. The lowest BCUT2D eigenvalue weighted by Gasteiger charge is -2.10. The van der Waals surface area contributed by atoms with Crippen molar-refractivity contribution in [3.8, 4) is 0 Å². The van der Waals surface area contributed by atoms with Crippen LogP contribution in [0.2, 0.25) is 0 Å². The number of fused-ring (bicyclic) bond motifs is 1. The molecule has 112 valence electrons. The molecule has 0 saturated carbocycles. The summed E-state index contributed by atoms with van der Waals surface area (Å²) >= 11 is 0. The number of anilines is 1. The van der Waals surface area contributed by atoms with Crippen molar-refractivity contribution >= 4 is 32.3 Å². The molecule has 1 amide bonds. The predicted octanol–water partition coefficient (Wildman–Crippen LogP) is 1.05. The van der Waals surface area contributed by atoms with E-state index in [0.717, 1.165) is 17.0 Å². The first-order valence-electron chi connectivity index (χ1n) is 6.44. The van der Waals surface area contributed by atoms with Gasteiger partial charge in [-0.15, -0.1) is 0 Å². The summed E-state index contributed by atoms with van der Waals surface area (Å²) in [5.74, 6) is 0.280. The Morgan fingerprint density at radius 2 is 1.90 bits per heavy atom. The van der Waals surface area contributed by atoms with E-state index in [-0.39, 0.29) is 18.2 Å². The van der Waals surface area contributed by atoms with E-state index in [4.69, 9.17) is 0 Å². The maximum atomic E-state index is 12.2. The largest absolute Gasteiger partial charge is 0.373 e. The summed E-state index contributed by atoms with van der Waals surface area (Å²) in [6.45, 7) is 0.0831. The van der Waals surface area contributed by atoms with Crippen LogP contribution >= 0.6 is 0 Å². The van der Waals surface area contributed by atoms with Crippen LogP contribution in [0.5, 0.6) is 0 Å². The molecule has 0 aliphatic rings.